The second kappa shape index (κ2) is 10.5. The third-order valence-electron chi connectivity index (χ3n) is 5.64. The number of nitriles is 1. The van der Waals surface area contributed by atoms with Crippen molar-refractivity contribution in [1.29, 1.82) is 5.26 Å². The molecule has 0 amide bonds. The summed E-state index contributed by atoms with van der Waals surface area (Å²) in [5.74, 6) is 0. The quantitative estimate of drug-likeness (QED) is 0.139. The first-order valence-corrected chi connectivity index (χ1v) is 11.0. The van der Waals surface area contributed by atoms with Gasteiger partial charge < -0.3 is 10.0 Å². The Kier molecular flexibility index (Phi) is 7.01. The van der Waals surface area contributed by atoms with Crippen LogP contribution < -0.4 is 4.90 Å². The highest BCUT2D eigenvalue weighted by molar-refractivity contribution is 5.90. The number of non-ortho nitro benzene ring substituents is 1. The lowest BCUT2D eigenvalue weighted by atomic mass is 10.0. The van der Waals surface area contributed by atoms with Gasteiger partial charge in [0, 0.05) is 29.2 Å². The van der Waals surface area contributed by atoms with Crippen LogP contribution in [0.25, 0.3) is 11.6 Å². The molecule has 6 nitrogen and oxygen atoms in total. The number of nitrogens with zero attached hydrogens (tertiary/aromatic N) is 3. The minimum absolute atomic E-state index is 0.0121. The molecular formula is C29H23N3O3. The van der Waals surface area contributed by atoms with Crippen molar-refractivity contribution in [3.8, 4) is 6.07 Å². The summed E-state index contributed by atoms with van der Waals surface area (Å²) in [6, 6.07) is 31.9. The Hall–Kier alpha value is -4.73. The molecule has 172 valence electrons. The van der Waals surface area contributed by atoms with Gasteiger partial charge in [0.05, 0.1) is 23.2 Å². The summed E-state index contributed by atoms with van der Waals surface area (Å²) < 4.78 is 0. The fraction of sp³-hybridized carbons (Fsp3) is 0.0690. The lowest BCUT2D eigenvalue weighted by Gasteiger charge is -2.26. The molecule has 0 saturated carbocycles. The van der Waals surface area contributed by atoms with Crippen molar-refractivity contribution in [2.24, 2.45) is 0 Å². The van der Waals surface area contributed by atoms with Crippen LogP contribution in [0.4, 0.5) is 22.7 Å². The zero-order chi connectivity index (χ0) is 24.8. The molecule has 0 radical (unpaired) electrons. The summed E-state index contributed by atoms with van der Waals surface area (Å²) in [6.45, 7) is 2.03. The van der Waals surface area contributed by atoms with Crippen molar-refractivity contribution < 1.29 is 10.0 Å². The van der Waals surface area contributed by atoms with Crippen LogP contribution >= 0.6 is 0 Å². The molecule has 0 aliphatic carbocycles. The molecule has 4 aromatic carbocycles. The van der Waals surface area contributed by atoms with E-state index in [1.807, 2.05) is 55.5 Å². The zero-order valence-electron chi connectivity index (χ0n) is 19.1. The lowest BCUT2D eigenvalue weighted by Crippen LogP contribution is -2.10. The van der Waals surface area contributed by atoms with Gasteiger partial charge in [-0.1, -0.05) is 42.0 Å². The first-order chi connectivity index (χ1) is 17.0. The summed E-state index contributed by atoms with van der Waals surface area (Å²) in [5, 5.41) is 29.9. The predicted molar refractivity (Wildman–Crippen MR) is 138 cm³/mol. The van der Waals surface area contributed by atoms with Crippen molar-refractivity contribution >= 4 is 34.4 Å². The number of nitro groups is 1. The van der Waals surface area contributed by atoms with Crippen LogP contribution in [-0.2, 0) is 6.61 Å². The van der Waals surface area contributed by atoms with E-state index in [0.29, 0.717) is 11.1 Å². The van der Waals surface area contributed by atoms with E-state index in [4.69, 9.17) is 0 Å². The topological polar surface area (TPSA) is 90.4 Å². The highest BCUT2D eigenvalue weighted by Gasteiger charge is 2.13. The van der Waals surface area contributed by atoms with E-state index in [0.717, 1.165) is 28.2 Å². The molecule has 1 N–H and O–H groups in total. The van der Waals surface area contributed by atoms with E-state index in [1.54, 1.807) is 18.2 Å². The highest BCUT2D eigenvalue weighted by Crippen LogP contribution is 2.35. The number of benzene rings is 4. The second-order valence-electron chi connectivity index (χ2n) is 8.06. The number of nitro benzene ring substituents is 1. The van der Waals surface area contributed by atoms with Gasteiger partial charge in [-0.3, -0.25) is 10.1 Å². The monoisotopic (exact) mass is 461 g/mol. The molecule has 0 saturated heterocycles. The van der Waals surface area contributed by atoms with Gasteiger partial charge in [-0.2, -0.15) is 5.26 Å². The SMILES string of the molecule is Cc1ccc(N(c2ccc(C=C(C#N)c3ccc([N+](=O)[O-])cc3)cc2)c2ccc(CO)cc2)cc1. The predicted octanol–water partition coefficient (Wildman–Crippen LogP) is 6.93. The van der Waals surface area contributed by atoms with Gasteiger partial charge in [-0.25, -0.2) is 0 Å². The van der Waals surface area contributed by atoms with Gasteiger partial charge >= 0.3 is 0 Å². The Balaban J connectivity index is 1.68. The lowest BCUT2D eigenvalue weighted by molar-refractivity contribution is -0.384. The van der Waals surface area contributed by atoms with E-state index in [1.165, 1.54) is 17.7 Å². The van der Waals surface area contributed by atoms with Crippen molar-refractivity contribution in [3.05, 3.63) is 129 Å². The van der Waals surface area contributed by atoms with Gasteiger partial charge in [-0.15, -0.1) is 0 Å². The van der Waals surface area contributed by atoms with Crippen LogP contribution in [0.1, 0.15) is 22.3 Å². The third kappa shape index (κ3) is 5.44. The number of hydrogen-bond acceptors (Lipinski definition) is 5. The summed E-state index contributed by atoms with van der Waals surface area (Å²) in [4.78, 5) is 12.6. The Bertz CT molecular complexity index is 1380. The molecule has 35 heavy (non-hydrogen) atoms. The molecule has 4 rings (SSSR count). The van der Waals surface area contributed by atoms with E-state index in [-0.39, 0.29) is 12.3 Å². The third-order valence-corrected chi connectivity index (χ3v) is 5.64. The van der Waals surface area contributed by atoms with Gasteiger partial charge in [0.15, 0.2) is 0 Å². The molecule has 0 aromatic heterocycles. The zero-order valence-corrected chi connectivity index (χ0v) is 19.1. The maximum absolute atomic E-state index is 10.9. The van der Waals surface area contributed by atoms with Crippen LogP contribution in [0.3, 0.4) is 0 Å². The van der Waals surface area contributed by atoms with Crippen molar-refractivity contribution in [2.45, 2.75) is 13.5 Å². The van der Waals surface area contributed by atoms with E-state index in [9.17, 15) is 20.5 Å². The molecule has 0 fully saturated rings. The summed E-state index contributed by atoms with van der Waals surface area (Å²) in [5.41, 5.74) is 6.76. The number of hydrogen-bond donors (Lipinski definition) is 1. The molecule has 6 heteroatoms. The summed E-state index contributed by atoms with van der Waals surface area (Å²) >= 11 is 0. The number of aliphatic hydroxyl groups is 1. The van der Waals surface area contributed by atoms with Crippen LogP contribution in [0.15, 0.2) is 97.1 Å². The van der Waals surface area contributed by atoms with Crippen LogP contribution in [0, 0.1) is 28.4 Å². The van der Waals surface area contributed by atoms with Gasteiger partial charge in [0.25, 0.3) is 5.69 Å². The maximum atomic E-state index is 10.9. The summed E-state index contributed by atoms with van der Waals surface area (Å²) in [7, 11) is 0. The van der Waals surface area contributed by atoms with E-state index >= 15 is 0 Å². The fourth-order valence-corrected chi connectivity index (χ4v) is 3.72. The van der Waals surface area contributed by atoms with E-state index < -0.39 is 4.92 Å². The molecule has 0 aliphatic rings. The average molecular weight is 462 g/mol. The Morgan fingerprint density at radius 3 is 1.89 bits per heavy atom. The van der Waals surface area contributed by atoms with Crippen LogP contribution in [-0.4, -0.2) is 10.0 Å². The summed E-state index contributed by atoms with van der Waals surface area (Å²) in [6.07, 6.45) is 1.76. The Labute approximate surface area is 203 Å². The van der Waals surface area contributed by atoms with Gasteiger partial charge in [0.1, 0.15) is 0 Å². The number of aryl methyl sites for hydroxylation is 1. The molecule has 0 unspecified atom stereocenters. The average Bonchev–Trinajstić information content (AvgIpc) is 2.90. The maximum Gasteiger partial charge on any atom is 0.269 e. The Morgan fingerprint density at radius 1 is 0.886 bits per heavy atom. The first kappa shape index (κ1) is 23.4. The normalized spacial score (nSPS) is 11.1. The molecule has 0 atom stereocenters. The second-order valence-corrected chi connectivity index (χ2v) is 8.06. The molecule has 0 heterocycles. The molecule has 0 spiro atoms. The van der Waals surface area contributed by atoms with E-state index in [2.05, 4.69) is 35.2 Å². The molecule has 0 bridgehead atoms. The minimum Gasteiger partial charge on any atom is -0.392 e. The number of anilines is 3. The molecule has 4 aromatic rings. The Morgan fingerprint density at radius 2 is 1.40 bits per heavy atom. The first-order valence-electron chi connectivity index (χ1n) is 11.0. The fourth-order valence-electron chi connectivity index (χ4n) is 3.72. The minimum atomic E-state index is -0.463. The van der Waals surface area contributed by atoms with Crippen molar-refractivity contribution in [3.63, 3.8) is 0 Å². The highest BCUT2D eigenvalue weighted by atomic mass is 16.6. The van der Waals surface area contributed by atoms with Crippen LogP contribution in [0.2, 0.25) is 0 Å². The largest absolute Gasteiger partial charge is 0.392 e. The number of rotatable bonds is 7. The smallest absolute Gasteiger partial charge is 0.269 e. The van der Waals surface area contributed by atoms with Crippen molar-refractivity contribution in [2.75, 3.05) is 4.90 Å². The standard InChI is InChI=1S/C29H23N3O3/c1-21-2-10-26(11-3-21)31(28-14-6-23(20-33)7-15-28)27-12-4-22(5-13-27)18-25(19-30)24-8-16-29(17-9-24)32(34)35/h2-18,33H,20H2,1H3. The van der Waals surface area contributed by atoms with Gasteiger partial charge in [-0.05, 0) is 78.2 Å². The molecule has 0 aliphatic heterocycles. The van der Waals surface area contributed by atoms with Crippen LogP contribution in [0.5, 0.6) is 0 Å². The molecular weight excluding hydrogens is 438 g/mol. The number of aliphatic hydroxyl groups excluding tert-OH is 1. The van der Waals surface area contributed by atoms with Crippen molar-refractivity contribution in [1.82, 2.24) is 0 Å². The number of allylic oxidation sites excluding steroid dienone is 1. The van der Waals surface area contributed by atoms with Gasteiger partial charge in [0.2, 0.25) is 0 Å².